The molecule has 0 saturated heterocycles. The molecule has 4 N–H and O–H groups in total. The van der Waals surface area contributed by atoms with Crippen molar-refractivity contribution in [2.24, 2.45) is 11.7 Å². The van der Waals surface area contributed by atoms with Crippen LogP contribution < -0.4 is 16.6 Å². The molecule has 0 spiro atoms. The van der Waals surface area contributed by atoms with Gasteiger partial charge in [0, 0.05) is 6.42 Å². The molecule has 1 rings (SSSR count). The molecule has 0 heterocycles. The Hall–Kier alpha value is -1.26. The second-order valence-electron chi connectivity index (χ2n) is 2.68. The summed E-state index contributed by atoms with van der Waals surface area (Å²) < 4.78 is 0. The van der Waals surface area contributed by atoms with Gasteiger partial charge in [0.15, 0.2) is 0 Å². The largest absolute Gasteiger partial charge is 0.350 e. The molecular formula is C6H11N3O2. The van der Waals surface area contributed by atoms with Gasteiger partial charge in [0.25, 0.3) is 0 Å². The van der Waals surface area contributed by atoms with E-state index < -0.39 is 6.03 Å². The van der Waals surface area contributed by atoms with Crippen molar-refractivity contribution in [1.82, 2.24) is 10.9 Å². The van der Waals surface area contributed by atoms with Crippen molar-refractivity contribution >= 4 is 11.9 Å². The highest BCUT2D eigenvalue weighted by Crippen LogP contribution is 2.31. The Morgan fingerprint density at radius 3 is 2.45 bits per heavy atom. The van der Waals surface area contributed by atoms with Gasteiger partial charge >= 0.3 is 6.03 Å². The van der Waals surface area contributed by atoms with Crippen LogP contribution in [0.15, 0.2) is 0 Å². The molecular weight excluding hydrogens is 146 g/mol. The Morgan fingerprint density at radius 2 is 2.00 bits per heavy atom. The van der Waals surface area contributed by atoms with Crippen molar-refractivity contribution < 1.29 is 9.59 Å². The van der Waals surface area contributed by atoms with Crippen LogP contribution >= 0.6 is 0 Å². The topological polar surface area (TPSA) is 84.2 Å². The molecule has 0 aromatic rings. The SMILES string of the molecule is NC(=O)NNC(=O)CC1CC1. The van der Waals surface area contributed by atoms with Crippen LogP contribution in [-0.4, -0.2) is 11.9 Å². The standard InChI is InChI=1S/C6H11N3O2/c7-6(11)9-8-5(10)3-4-1-2-4/h4H,1-3H2,(H,8,10)(H3,7,9,11). The molecule has 0 atom stereocenters. The lowest BCUT2D eigenvalue weighted by atomic mass is 10.3. The Labute approximate surface area is 64.3 Å². The van der Waals surface area contributed by atoms with E-state index in [1.165, 1.54) is 0 Å². The van der Waals surface area contributed by atoms with E-state index in [2.05, 4.69) is 5.43 Å². The highest BCUT2D eigenvalue weighted by molar-refractivity contribution is 5.80. The van der Waals surface area contributed by atoms with Gasteiger partial charge in [0.2, 0.25) is 5.91 Å². The van der Waals surface area contributed by atoms with Crippen LogP contribution in [0.1, 0.15) is 19.3 Å². The van der Waals surface area contributed by atoms with Crippen LogP contribution in [-0.2, 0) is 4.79 Å². The fraction of sp³-hybridized carbons (Fsp3) is 0.667. The molecule has 1 aliphatic carbocycles. The predicted octanol–water partition coefficient (Wildman–Crippen LogP) is -0.514. The van der Waals surface area contributed by atoms with E-state index in [0.717, 1.165) is 12.8 Å². The number of hydrogen-bond acceptors (Lipinski definition) is 2. The smallest absolute Gasteiger partial charge is 0.330 e. The summed E-state index contributed by atoms with van der Waals surface area (Å²) in [6, 6.07) is -0.742. The number of primary amides is 1. The monoisotopic (exact) mass is 157 g/mol. The predicted molar refractivity (Wildman–Crippen MR) is 38.2 cm³/mol. The molecule has 11 heavy (non-hydrogen) atoms. The Morgan fingerprint density at radius 1 is 1.36 bits per heavy atom. The highest BCUT2D eigenvalue weighted by atomic mass is 16.2. The van der Waals surface area contributed by atoms with E-state index in [-0.39, 0.29) is 5.91 Å². The van der Waals surface area contributed by atoms with Crippen molar-refractivity contribution in [1.29, 1.82) is 0 Å². The van der Waals surface area contributed by atoms with Crippen LogP contribution in [0.25, 0.3) is 0 Å². The number of carbonyl (C=O) groups is 2. The number of amides is 3. The van der Waals surface area contributed by atoms with Gasteiger partial charge in [-0.15, -0.1) is 0 Å². The van der Waals surface area contributed by atoms with Gasteiger partial charge in [0.1, 0.15) is 0 Å². The van der Waals surface area contributed by atoms with Crippen LogP contribution in [0, 0.1) is 5.92 Å². The normalized spacial score (nSPS) is 15.6. The van der Waals surface area contributed by atoms with E-state index in [9.17, 15) is 9.59 Å². The first-order chi connectivity index (χ1) is 5.18. The average Bonchev–Trinajstić information content (AvgIpc) is 2.67. The molecule has 0 aliphatic heterocycles. The Bertz CT molecular complexity index is 177. The molecule has 1 aliphatic rings. The van der Waals surface area contributed by atoms with Crippen molar-refractivity contribution in [2.45, 2.75) is 19.3 Å². The van der Waals surface area contributed by atoms with Gasteiger partial charge in [-0.3, -0.25) is 10.2 Å². The summed E-state index contributed by atoms with van der Waals surface area (Å²) in [7, 11) is 0. The molecule has 0 radical (unpaired) electrons. The zero-order valence-electron chi connectivity index (χ0n) is 6.09. The summed E-state index contributed by atoms with van der Waals surface area (Å²) >= 11 is 0. The summed E-state index contributed by atoms with van der Waals surface area (Å²) in [5, 5.41) is 0. The van der Waals surface area contributed by atoms with Crippen LogP contribution in [0.2, 0.25) is 0 Å². The number of nitrogens with one attached hydrogen (secondary N) is 2. The van der Waals surface area contributed by atoms with Crippen molar-refractivity contribution in [3.05, 3.63) is 0 Å². The van der Waals surface area contributed by atoms with Crippen LogP contribution in [0.5, 0.6) is 0 Å². The van der Waals surface area contributed by atoms with Gasteiger partial charge in [-0.05, 0) is 18.8 Å². The minimum atomic E-state index is -0.742. The number of nitrogens with two attached hydrogens (primary N) is 1. The van der Waals surface area contributed by atoms with E-state index >= 15 is 0 Å². The Kier molecular flexibility index (Phi) is 2.30. The van der Waals surface area contributed by atoms with E-state index in [1.807, 2.05) is 5.43 Å². The Balaban J connectivity index is 2.04. The first kappa shape index (κ1) is 7.84. The zero-order valence-corrected chi connectivity index (χ0v) is 6.09. The zero-order chi connectivity index (χ0) is 8.27. The summed E-state index contributed by atoms with van der Waals surface area (Å²) in [5.41, 5.74) is 8.93. The molecule has 0 aromatic heterocycles. The maximum Gasteiger partial charge on any atom is 0.330 e. The third-order valence-electron chi connectivity index (χ3n) is 1.50. The first-order valence-electron chi connectivity index (χ1n) is 3.53. The maximum atomic E-state index is 10.8. The molecule has 5 heteroatoms. The molecule has 0 aromatic carbocycles. The van der Waals surface area contributed by atoms with Crippen LogP contribution in [0.4, 0.5) is 4.79 Å². The third-order valence-corrected chi connectivity index (χ3v) is 1.50. The number of rotatable bonds is 2. The molecule has 1 fully saturated rings. The number of carbonyl (C=O) groups excluding carboxylic acids is 2. The maximum absolute atomic E-state index is 10.8. The van der Waals surface area contributed by atoms with Gasteiger partial charge in [-0.1, -0.05) is 0 Å². The van der Waals surface area contributed by atoms with E-state index in [0.29, 0.717) is 12.3 Å². The highest BCUT2D eigenvalue weighted by Gasteiger charge is 2.24. The molecule has 5 nitrogen and oxygen atoms in total. The van der Waals surface area contributed by atoms with Gasteiger partial charge in [-0.25, -0.2) is 10.2 Å². The summed E-state index contributed by atoms with van der Waals surface area (Å²) in [4.78, 5) is 20.9. The van der Waals surface area contributed by atoms with Crippen molar-refractivity contribution in [3.8, 4) is 0 Å². The second-order valence-corrected chi connectivity index (χ2v) is 2.68. The van der Waals surface area contributed by atoms with Crippen molar-refractivity contribution in [3.63, 3.8) is 0 Å². The number of hydrogen-bond donors (Lipinski definition) is 3. The van der Waals surface area contributed by atoms with Gasteiger partial charge in [0.05, 0.1) is 0 Å². The minimum Gasteiger partial charge on any atom is -0.350 e. The molecule has 1 saturated carbocycles. The minimum absolute atomic E-state index is 0.175. The van der Waals surface area contributed by atoms with Gasteiger partial charge in [-0.2, -0.15) is 0 Å². The first-order valence-corrected chi connectivity index (χ1v) is 3.53. The fourth-order valence-electron chi connectivity index (χ4n) is 0.767. The van der Waals surface area contributed by atoms with E-state index in [4.69, 9.17) is 5.73 Å². The van der Waals surface area contributed by atoms with Crippen LogP contribution in [0.3, 0.4) is 0 Å². The van der Waals surface area contributed by atoms with E-state index in [1.54, 1.807) is 0 Å². The lowest BCUT2D eigenvalue weighted by Crippen LogP contribution is -2.44. The fourth-order valence-corrected chi connectivity index (χ4v) is 0.767. The lowest BCUT2D eigenvalue weighted by Gasteiger charge is -2.02. The second kappa shape index (κ2) is 3.23. The molecule has 3 amide bonds. The quantitative estimate of drug-likeness (QED) is 0.471. The lowest BCUT2D eigenvalue weighted by molar-refractivity contribution is -0.122. The van der Waals surface area contributed by atoms with Gasteiger partial charge < -0.3 is 5.73 Å². The molecule has 0 unspecified atom stereocenters. The number of hydrazine groups is 1. The van der Waals surface area contributed by atoms with Crippen molar-refractivity contribution in [2.75, 3.05) is 0 Å². The summed E-state index contributed by atoms with van der Waals surface area (Å²) in [5.74, 6) is 0.343. The average molecular weight is 157 g/mol. The molecule has 0 bridgehead atoms. The third kappa shape index (κ3) is 3.44. The molecule has 62 valence electrons. The summed E-state index contributed by atoms with van der Waals surface area (Å²) in [6.07, 6.45) is 2.72. The summed E-state index contributed by atoms with van der Waals surface area (Å²) in [6.45, 7) is 0. The number of urea groups is 1.